The van der Waals surface area contributed by atoms with Gasteiger partial charge >= 0.3 is 0 Å². The molecule has 4 heteroatoms. The molecule has 2 aromatic rings. The number of hydrogen-bond donors (Lipinski definition) is 2. The SMILES string of the molecule is Cc1cc(C)c(C)c(-c2cc(=O)[nH]c(N)n2)c1C. The van der Waals surface area contributed by atoms with Crippen LogP contribution in [-0.4, -0.2) is 9.97 Å². The van der Waals surface area contributed by atoms with Gasteiger partial charge in [0.15, 0.2) is 0 Å². The van der Waals surface area contributed by atoms with Crippen LogP contribution in [0.3, 0.4) is 0 Å². The minimum Gasteiger partial charge on any atom is -0.369 e. The number of aromatic nitrogens is 2. The van der Waals surface area contributed by atoms with Gasteiger partial charge in [-0.25, -0.2) is 4.98 Å². The average molecular weight is 243 g/mol. The number of H-pyrrole nitrogens is 1. The molecule has 0 saturated heterocycles. The van der Waals surface area contributed by atoms with E-state index < -0.39 is 0 Å². The standard InChI is InChI=1S/C14H17N3O/c1-7-5-8(2)10(4)13(9(7)3)11-6-12(18)17-14(15)16-11/h5-6H,1-4H3,(H3,15,16,17,18). The topological polar surface area (TPSA) is 71.8 Å². The Bertz CT molecular complexity index is 645. The summed E-state index contributed by atoms with van der Waals surface area (Å²) in [6, 6.07) is 3.63. The van der Waals surface area contributed by atoms with E-state index >= 15 is 0 Å². The van der Waals surface area contributed by atoms with E-state index in [4.69, 9.17) is 5.73 Å². The highest BCUT2D eigenvalue weighted by molar-refractivity contribution is 5.70. The van der Waals surface area contributed by atoms with Crippen LogP contribution in [0.4, 0.5) is 5.95 Å². The van der Waals surface area contributed by atoms with Gasteiger partial charge in [-0.2, -0.15) is 0 Å². The summed E-state index contributed by atoms with van der Waals surface area (Å²) in [5, 5.41) is 0. The third-order valence-corrected chi connectivity index (χ3v) is 3.38. The summed E-state index contributed by atoms with van der Waals surface area (Å²) >= 11 is 0. The number of nitrogens with one attached hydrogen (secondary N) is 1. The molecule has 0 aliphatic heterocycles. The molecule has 3 N–H and O–H groups in total. The molecule has 0 saturated carbocycles. The van der Waals surface area contributed by atoms with Gasteiger partial charge in [0.1, 0.15) is 0 Å². The monoisotopic (exact) mass is 243 g/mol. The predicted molar refractivity (Wildman–Crippen MR) is 73.7 cm³/mol. The zero-order valence-electron chi connectivity index (χ0n) is 11.1. The fourth-order valence-electron chi connectivity index (χ4n) is 2.21. The Morgan fingerprint density at radius 1 is 1.06 bits per heavy atom. The number of aromatic amines is 1. The van der Waals surface area contributed by atoms with E-state index in [0.717, 1.165) is 16.7 Å². The van der Waals surface area contributed by atoms with Gasteiger partial charge in [0.05, 0.1) is 5.69 Å². The van der Waals surface area contributed by atoms with Crippen LogP contribution in [0.1, 0.15) is 22.3 Å². The van der Waals surface area contributed by atoms with Gasteiger partial charge in [-0.05, 0) is 49.9 Å². The molecule has 1 aromatic carbocycles. The lowest BCUT2D eigenvalue weighted by Gasteiger charge is -2.14. The van der Waals surface area contributed by atoms with E-state index in [0.29, 0.717) is 5.69 Å². The molecule has 0 fully saturated rings. The maximum absolute atomic E-state index is 11.5. The normalized spacial score (nSPS) is 10.7. The van der Waals surface area contributed by atoms with Crippen molar-refractivity contribution in [3.8, 4) is 11.3 Å². The van der Waals surface area contributed by atoms with Crippen molar-refractivity contribution in [1.82, 2.24) is 9.97 Å². The van der Waals surface area contributed by atoms with Crippen molar-refractivity contribution >= 4 is 5.95 Å². The van der Waals surface area contributed by atoms with Crippen molar-refractivity contribution in [2.75, 3.05) is 5.73 Å². The highest BCUT2D eigenvalue weighted by atomic mass is 16.1. The smallest absolute Gasteiger partial charge is 0.252 e. The fraction of sp³-hybridized carbons (Fsp3) is 0.286. The zero-order chi connectivity index (χ0) is 13.4. The number of nitrogen functional groups attached to an aromatic ring is 1. The molecule has 0 aliphatic rings. The van der Waals surface area contributed by atoms with Crippen molar-refractivity contribution in [2.24, 2.45) is 0 Å². The summed E-state index contributed by atoms with van der Waals surface area (Å²) in [7, 11) is 0. The van der Waals surface area contributed by atoms with Crippen LogP contribution in [-0.2, 0) is 0 Å². The Balaban J connectivity index is 2.82. The summed E-state index contributed by atoms with van der Waals surface area (Å²) in [6.07, 6.45) is 0. The minimum absolute atomic E-state index is 0.149. The van der Waals surface area contributed by atoms with E-state index in [1.807, 2.05) is 13.8 Å². The highest BCUT2D eigenvalue weighted by Gasteiger charge is 2.12. The first kappa shape index (κ1) is 12.4. The largest absolute Gasteiger partial charge is 0.369 e. The summed E-state index contributed by atoms with van der Waals surface area (Å²) in [4.78, 5) is 18.2. The van der Waals surface area contributed by atoms with Crippen LogP contribution in [0.15, 0.2) is 16.9 Å². The Morgan fingerprint density at radius 2 is 1.61 bits per heavy atom. The number of nitrogens with zero attached hydrogens (tertiary/aromatic N) is 1. The van der Waals surface area contributed by atoms with Gasteiger partial charge in [-0.3, -0.25) is 9.78 Å². The van der Waals surface area contributed by atoms with Crippen molar-refractivity contribution < 1.29 is 0 Å². The summed E-state index contributed by atoms with van der Waals surface area (Å²) in [6.45, 7) is 8.19. The van der Waals surface area contributed by atoms with E-state index in [1.54, 1.807) is 0 Å². The first-order chi connectivity index (χ1) is 8.40. The molecule has 0 radical (unpaired) electrons. The number of hydrogen-bond acceptors (Lipinski definition) is 3. The van der Waals surface area contributed by atoms with Gasteiger partial charge in [0, 0.05) is 11.6 Å². The van der Waals surface area contributed by atoms with Gasteiger partial charge in [0.2, 0.25) is 5.95 Å². The van der Waals surface area contributed by atoms with Crippen LogP contribution in [0.2, 0.25) is 0 Å². The van der Waals surface area contributed by atoms with Crippen molar-refractivity contribution in [3.63, 3.8) is 0 Å². The molecule has 0 bridgehead atoms. The second-order valence-corrected chi connectivity index (χ2v) is 4.65. The number of aryl methyl sites for hydroxylation is 2. The Morgan fingerprint density at radius 3 is 2.11 bits per heavy atom. The molecule has 18 heavy (non-hydrogen) atoms. The van der Waals surface area contributed by atoms with Crippen molar-refractivity contribution in [2.45, 2.75) is 27.7 Å². The molecule has 1 heterocycles. The average Bonchev–Trinajstić information content (AvgIpc) is 2.25. The summed E-state index contributed by atoms with van der Waals surface area (Å²) < 4.78 is 0. The molecule has 0 spiro atoms. The van der Waals surface area contributed by atoms with Gasteiger partial charge < -0.3 is 5.73 Å². The molecule has 0 atom stereocenters. The Hall–Kier alpha value is -2.10. The van der Waals surface area contributed by atoms with E-state index in [1.165, 1.54) is 17.2 Å². The first-order valence-corrected chi connectivity index (χ1v) is 5.84. The first-order valence-electron chi connectivity index (χ1n) is 5.84. The zero-order valence-corrected chi connectivity index (χ0v) is 11.1. The van der Waals surface area contributed by atoms with Crippen molar-refractivity contribution in [1.29, 1.82) is 0 Å². The number of nitrogens with two attached hydrogens (primary N) is 1. The lowest BCUT2D eigenvalue weighted by Crippen LogP contribution is -2.11. The van der Waals surface area contributed by atoms with Crippen LogP contribution < -0.4 is 11.3 Å². The molecule has 1 aromatic heterocycles. The molecule has 94 valence electrons. The molecular formula is C14H17N3O. The van der Waals surface area contributed by atoms with Crippen molar-refractivity contribution in [3.05, 3.63) is 44.7 Å². The minimum atomic E-state index is -0.226. The molecule has 2 rings (SSSR count). The predicted octanol–water partition coefficient (Wildman–Crippen LogP) is 2.25. The van der Waals surface area contributed by atoms with E-state index in [9.17, 15) is 4.79 Å². The molecule has 4 nitrogen and oxygen atoms in total. The van der Waals surface area contributed by atoms with Crippen LogP contribution in [0, 0.1) is 27.7 Å². The maximum atomic E-state index is 11.5. The van der Waals surface area contributed by atoms with Gasteiger partial charge in [0.25, 0.3) is 5.56 Å². The highest BCUT2D eigenvalue weighted by Crippen LogP contribution is 2.29. The second-order valence-electron chi connectivity index (χ2n) is 4.65. The number of rotatable bonds is 1. The van der Waals surface area contributed by atoms with Gasteiger partial charge in [-0.1, -0.05) is 6.07 Å². The van der Waals surface area contributed by atoms with Crippen LogP contribution >= 0.6 is 0 Å². The molecule has 0 amide bonds. The quantitative estimate of drug-likeness (QED) is 0.807. The second kappa shape index (κ2) is 4.29. The van der Waals surface area contributed by atoms with Gasteiger partial charge in [-0.15, -0.1) is 0 Å². The summed E-state index contributed by atoms with van der Waals surface area (Å²) in [5.74, 6) is 0.149. The van der Waals surface area contributed by atoms with E-state index in [-0.39, 0.29) is 11.5 Å². The number of benzene rings is 1. The van der Waals surface area contributed by atoms with Crippen LogP contribution in [0.25, 0.3) is 11.3 Å². The Labute approximate surface area is 106 Å². The molecule has 0 unspecified atom stereocenters. The fourth-order valence-corrected chi connectivity index (χ4v) is 2.21. The summed E-state index contributed by atoms with van der Waals surface area (Å²) in [5.41, 5.74) is 11.7. The third-order valence-electron chi connectivity index (χ3n) is 3.38. The lowest BCUT2D eigenvalue weighted by atomic mass is 9.92. The molecular weight excluding hydrogens is 226 g/mol. The van der Waals surface area contributed by atoms with E-state index in [2.05, 4.69) is 29.9 Å². The third kappa shape index (κ3) is 2.01. The lowest BCUT2D eigenvalue weighted by molar-refractivity contribution is 1.13. The Kier molecular flexibility index (Phi) is 2.95. The van der Waals surface area contributed by atoms with Crippen LogP contribution in [0.5, 0.6) is 0 Å². The maximum Gasteiger partial charge on any atom is 0.252 e. The molecule has 0 aliphatic carbocycles. The number of anilines is 1.